The molecule has 1 heterocycles. The van der Waals surface area contributed by atoms with Gasteiger partial charge in [-0.05, 0) is 0 Å². The van der Waals surface area contributed by atoms with Crippen molar-refractivity contribution in [2.75, 3.05) is 12.4 Å². The third kappa shape index (κ3) is 5.96. The molecule has 19 heavy (non-hydrogen) atoms. The summed E-state index contributed by atoms with van der Waals surface area (Å²) in [6.45, 7) is 4.18. The molecule has 0 aromatic carbocycles. The molecule has 1 aliphatic rings. The van der Waals surface area contributed by atoms with Crippen molar-refractivity contribution >= 4 is 29.7 Å². The van der Waals surface area contributed by atoms with Gasteiger partial charge in [-0.3, -0.25) is 14.4 Å². The SMILES string of the molecule is CC(=O)OC[C@@H]1SC[C@@H](OC(C)=O)C[C@H]1OC(C)=O. The first kappa shape index (κ1) is 15.8. The van der Waals surface area contributed by atoms with Gasteiger partial charge < -0.3 is 14.2 Å². The topological polar surface area (TPSA) is 78.9 Å². The van der Waals surface area contributed by atoms with E-state index in [-0.39, 0.29) is 29.9 Å². The normalized spacial score (nSPS) is 26.4. The van der Waals surface area contributed by atoms with Crippen molar-refractivity contribution in [2.45, 2.75) is 44.6 Å². The Kier molecular flexibility index (Phi) is 6.14. The smallest absolute Gasteiger partial charge is 0.302 e. The van der Waals surface area contributed by atoms with Crippen molar-refractivity contribution < 1.29 is 28.6 Å². The molecule has 1 aliphatic heterocycles. The molecule has 7 heteroatoms. The van der Waals surface area contributed by atoms with Gasteiger partial charge in [-0.1, -0.05) is 0 Å². The third-order valence-corrected chi connectivity index (χ3v) is 3.94. The molecule has 108 valence electrons. The fourth-order valence-electron chi connectivity index (χ4n) is 1.83. The van der Waals surface area contributed by atoms with E-state index in [1.807, 2.05) is 0 Å². The Hall–Kier alpha value is -1.24. The van der Waals surface area contributed by atoms with Crippen LogP contribution in [0.3, 0.4) is 0 Å². The van der Waals surface area contributed by atoms with Gasteiger partial charge in [0.2, 0.25) is 0 Å². The lowest BCUT2D eigenvalue weighted by Gasteiger charge is -2.34. The van der Waals surface area contributed by atoms with Gasteiger partial charge in [-0.15, -0.1) is 11.8 Å². The predicted molar refractivity (Wildman–Crippen MR) is 68.6 cm³/mol. The molecule has 6 nitrogen and oxygen atoms in total. The van der Waals surface area contributed by atoms with Crippen LogP contribution >= 0.6 is 11.8 Å². The highest BCUT2D eigenvalue weighted by Crippen LogP contribution is 2.30. The highest BCUT2D eigenvalue weighted by Gasteiger charge is 2.35. The number of esters is 3. The zero-order chi connectivity index (χ0) is 14.4. The summed E-state index contributed by atoms with van der Waals surface area (Å²) in [5.41, 5.74) is 0. The predicted octanol–water partition coefficient (Wildman–Crippen LogP) is 0.918. The number of hydrogen-bond donors (Lipinski definition) is 0. The van der Waals surface area contributed by atoms with Gasteiger partial charge in [0.25, 0.3) is 0 Å². The molecule has 0 bridgehead atoms. The number of hydrogen-bond acceptors (Lipinski definition) is 7. The maximum absolute atomic E-state index is 11.1. The van der Waals surface area contributed by atoms with Crippen LogP contribution in [0.15, 0.2) is 0 Å². The van der Waals surface area contributed by atoms with Crippen molar-refractivity contribution in [3.63, 3.8) is 0 Å². The van der Waals surface area contributed by atoms with E-state index in [0.29, 0.717) is 12.2 Å². The third-order valence-electron chi connectivity index (χ3n) is 2.51. The second-order valence-corrected chi connectivity index (χ2v) is 5.56. The number of carbonyl (C=O) groups excluding carboxylic acids is 3. The zero-order valence-corrected chi connectivity index (χ0v) is 12.0. The van der Waals surface area contributed by atoms with Crippen molar-refractivity contribution in [1.29, 1.82) is 0 Å². The molecule has 0 radical (unpaired) electrons. The van der Waals surface area contributed by atoms with Crippen LogP contribution in [-0.2, 0) is 28.6 Å². The first-order valence-corrected chi connectivity index (χ1v) is 7.02. The van der Waals surface area contributed by atoms with Crippen LogP contribution in [0.25, 0.3) is 0 Å². The zero-order valence-electron chi connectivity index (χ0n) is 11.2. The Morgan fingerprint density at radius 2 is 1.68 bits per heavy atom. The Morgan fingerprint density at radius 3 is 2.21 bits per heavy atom. The second-order valence-electron chi connectivity index (χ2n) is 4.29. The molecule has 0 aromatic heterocycles. The van der Waals surface area contributed by atoms with Gasteiger partial charge in [-0.25, -0.2) is 0 Å². The minimum Gasteiger partial charge on any atom is -0.465 e. The Morgan fingerprint density at radius 1 is 1.05 bits per heavy atom. The standard InChI is InChI=1S/C12H18O6S/c1-7(13)16-5-12-11(18-9(3)15)4-10(6-19-12)17-8(2)14/h10-12H,4-6H2,1-3H3/t10-,11+,12-/m0/s1. The summed E-state index contributed by atoms with van der Waals surface area (Å²) in [6, 6.07) is 0. The number of ether oxygens (including phenoxy) is 3. The summed E-state index contributed by atoms with van der Waals surface area (Å²) in [5, 5.41) is -0.125. The second kappa shape index (κ2) is 7.37. The quantitative estimate of drug-likeness (QED) is 0.562. The monoisotopic (exact) mass is 290 g/mol. The van der Waals surface area contributed by atoms with E-state index in [1.165, 1.54) is 32.5 Å². The summed E-state index contributed by atoms with van der Waals surface area (Å²) < 4.78 is 15.3. The minimum atomic E-state index is -0.417. The van der Waals surface area contributed by atoms with Gasteiger partial charge in [0.1, 0.15) is 18.8 Å². The fourth-order valence-corrected chi connectivity index (χ4v) is 3.04. The lowest BCUT2D eigenvalue weighted by atomic mass is 10.1. The van der Waals surface area contributed by atoms with E-state index < -0.39 is 12.1 Å². The lowest BCUT2D eigenvalue weighted by molar-refractivity contribution is -0.153. The van der Waals surface area contributed by atoms with Gasteiger partial charge >= 0.3 is 17.9 Å². The van der Waals surface area contributed by atoms with Crippen LogP contribution in [0.4, 0.5) is 0 Å². The molecule has 1 fully saturated rings. The van der Waals surface area contributed by atoms with Gasteiger partial charge in [0.05, 0.1) is 5.25 Å². The molecule has 0 saturated carbocycles. The van der Waals surface area contributed by atoms with E-state index in [4.69, 9.17) is 14.2 Å². The van der Waals surface area contributed by atoms with E-state index >= 15 is 0 Å². The van der Waals surface area contributed by atoms with Crippen molar-refractivity contribution in [3.05, 3.63) is 0 Å². The molecule has 0 unspecified atom stereocenters. The maximum atomic E-state index is 11.1. The van der Waals surface area contributed by atoms with Gasteiger partial charge in [-0.2, -0.15) is 0 Å². The van der Waals surface area contributed by atoms with Crippen LogP contribution in [0.2, 0.25) is 0 Å². The van der Waals surface area contributed by atoms with Crippen LogP contribution in [-0.4, -0.2) is 47.7 Å². The highest BCUT2D eigenvalue weighted by molar-refractivity contribution is 8.00. The molecule has 0 spiro atoms. The maximum Gasteiger partial charge on any atom is 0.302 e. The molecule has 0 amide bonds. The Labute approximate surface area is 116 Å². The lowest BCUT2D eigenvalue weighted by Crippen LogP contribution is -2.42. The van der Waals surface area contributed by atoms with Gasteiger partial charge in [0, 0.05) is 32.9 Å². The van der Waals surface area contributed by atoms with E-state index in [9.17, 15) is 14.4 Å². The van der Waals surface area contributed by atoms with Crippen LogP contribution < -0.4 is 0 Å². The first-order chi connectivity index (χ1) is 8.88. The molecular formula is C12H18O6S. The van der Waals surface area contributed by atoms with Crippen molar-refractivity contribution in [3.8, 4) is 0 Å². The minimum absolute atomic E-state index is 0.125. The van der Waals surface area contributed by atoms with Crippen molar-refractivity contribution in [1.82, 2.24) is 0 Å². The molecule has 1 saturated heterocycles. The Bertz CT molecular complexity index is 356. The summed E-state index contributed by atoms with van der Waals surface area (Å²) >= 11 is 1.47. The molecule has 0 N–H and O–H groups in total. The molecule has 3 atom stereocenters. The first-order valence-electron chi connectivity index (χ1n) is 5.98. The fraction of sp³-hybridized carbons (Fsp3) is 0.750. The summed E-state index contributed by atoms with van der Waals surface area (Å²) in [4.78, 5) is 32.8. The Balaban J connectivity index is 2.58. The van der Waals surface area contributed by atoms with E-state index in [1.54, 1.807) is 0 Å². The van der Waals surface area contributed by atoms with E-state index in [0.717, 1.165) is 0 Å². The summed E-state index contributed by atoms with van der Waals surface area (Å²) in [6.07, 6.45) is -0.265. The van der Waals surface area contributed by atoms with E-state index in [2.05, 4.69) is 0 Å². The largest absolute Gasteiger partial charge is 0.465 e. The number of thioether (sulfide) groups is 1. The molecule has 1 rings (SSSR count). The molecule has 0 aromatic rings. The van der Waals surface area contributed by atoms with Crippen LogP contribution in [0.1, 0.15) is 27.2 Å². The highest BCUT2D eigenvalue weighted by atomic mass is 32.2. The average Bonchev–Trinajstić information content (AvgIpc) is 2.26. The summed E-state index contributed by atoms with van der Waals surface area (Å²) in [5.74, 6) is -0.527. The number of carbonyl (C=O) groups is 3. The molecule has 0 aliphatic carbocycles. The van der Waals surface area contributed by atoms with Gasteiger partial charge in [0.15, 0.2) is 0 Å². The molecular weight excluding hydrogens is 272 g/mol. The average molecular weight is 290 g/mol. The van der Waals surface area contributed by atoms with Crippen LogP contribution in [0.5, 0.6) is 0 Å². The van der Waals surface area contributed by atoms with Crippen molar-refractivity contribution in [2.24, 2.45) is 0 Å². The number of rotatable bonds is 4. The summed E-state index contributed by atoms with van der Waals surface area (Å²) in [7, 11) is 0. The van der Waals surface area contributed by atoms with Crippen LogP contribution in [0, 0.1) is 0 Å².